The zero-order chi connectivity index (χ0) is 18.7. The van der Waals surface area contributed by atoms with Crippen LogP contribution in [-0.4, -0.2) is 22.2 Å². The second-order valence-corrected chi connectivity index (χ2v) is 6.37. The summed E-state index contributed by atoms with van der Waals surface area (Å²) in [7, 11) is 0. The summed E-state index contributed by atoms with van der Waals surface area (Å²) in [5.41, 5.74) is 4.04. The topological polar surface area (TPSA) is 77.2 Å². The summed E-state index contributed by atoms with van der Waals surface area (Å²) in [6, 6.07) is 13.5. The van der Waals surface area contributed by atoms with Crippen molar-refractivity contribution in [3.63, 3.8) is 0 Å². The van der Waals surface area contributed by atoms with Crippen LogP contribution in [0.3, 0.4) is 0 Å². The molecule has 0 saturated heterocycles. The average Bonchev–Trinajstić information content (AvgIpc) is 3.02. The fourth-order valence-corrected chi connectivity index (χ4v) is 2.64. The lowest BCUT2D eigenvalue weighted by Gasteiger charge is -2.14. The lowest BCUT2D eigenvalue weighted by atomic mass is 10.1. The predicted octanol–water partition coefficient (Wildman–Crippen LogP) is 4.07. The number of carbonyl (C=O) groups is 1. The van der Waals surface area contributed by atoms with Gasteiger partial charge in [-0.2, -0.15) is 4.98 Å². The first-order valence-electron chi connectivity index (χ1n) is 8.37. The summed E-state index contributed by atoms with van der Waals surface area (Å²) in [5, 5.41) is 6.42. The molecule has 0 spiro atoms. The largest absolute Gasteiger partial charge is 0.481 e. The van der Waals surface area contributed by atoms with Gasteiger partial charge in [0.15, 0.2) is 6.10 Å². The summed E-state index contributed by atoms with van der Waals surface area (Å²) in [6.45, 7) is 7.62. The first-order valence-corrected chi connectivity index (χ1v) is 8.37. The highest BCUT2D eigenvalue weighted by Gasteiger charge is 2.18. The number of carbonyl (C=O) groups excluding carboxylic acids is 1. The fraction of sp³-hybridized carbons (Fsp3) is 0.250. The van der Waals surface area contributed by atoms with Gasteiger partial charge in [-0.05, 0) is 68.2 Å². The third kappa shape index (κ3) is 4.27. The SMILES string of the molecule is Cc1cc(C)cc(O[C@H](C)C(=O)Nc2noc(-c3cccc(C)c3)n2)c1. The summed E-state index contributed by atoms with van der Waals surface area (Å²) in [6.07, 6.45) is -0.697. The van der Waals surface area contributed by atoms with Gasteiger partial charge in [0.05, 0.1) is 0 Å². The Labute approximate surface area is 152 Å². The Hall–Kier alpha value is -3.15. The highest BCUT2D eigenvalue weighted by Crippen LogP contribution is 2.20. The van der Waals surface area contributed by atoms with E-state index in [0.717, 1.165) is 22.3 Å². The first kappa shape index (κ1) is 17.7. The minimum absolute atomic E-state index is 0.113. The molecule has 0 radical (unpaired) electrons. The molecule has 0 aliphatic heterocycles. The Kier molecular flexibility index (Phi) is 5.02. The number of nitrogens with one attached hydrogen (secondary N) is 1. The number of benzene rings is 2. The average molecular weight is 351 g/mol. The Morgan fingerprint density at radius 2 is 1.81 bits per heavy atom. The van der Waals surface area contributed by atoms with E-state index in [9.17, 15) is 4.79 Å². The molecule has 1 amide bonds. The number of aryl methyl sites for hydroxylation is 3. The lowest BCUT2D eigenvalue weighted by molar-refractivity contribution is -0.122. The van der Waals surface area contributed by atoms with Crippen LogP contribution < -0.4 is 10.1 Å². The molecule has 0 bridgehead atoms. The van der Waals surface area contributed by atoms with E-state index in [-0.39, 0.29) is 11.9 Å². The lowest BCUT2D eigenvalue weighted by Crippen LogP contribution is -2.30. The van der Waals surface area contributed by atoms with E-state index < -0.39 is 6.10 Å². The molecule has 3 rings (SSSR count). The minimum atomic E-state index is -0.697. The number of nitrogens with zero attached hydrogens (tertiary/aromatic N) is 2. The molecule has 26 heavy (non-hydrogen) atoms. The van der Waals surface area contributed by atoms with E-state index in [4.69, 9.17) is 9.26 Å². The molecule has 6 nitrogen and oxygen atoms in total. The molecule has 6 heteroatoms. The van der Waals surface area contributed by atoms with Crippen LogP contribution >= 0.6 is 0 Å². The molecular weight excluding hydrogens is 330 g/mol. The number of hydrogen-bond acceptors (Lipinski definition) is 5. The molecule has 2 aromatic carbocycles. The van der Waals surface area contributed by atoms with E-state index in [0.29, 0.717) is 11.6 Å². The number of amides is 1. The van der Waals surface area contributed by atoms with Gasteiger partial charge >= 0.3 is 0 Å². The van der Waals surface area contributed by atoms with Crippen LogP contribution in [0, 0.1) is 20.8 Å². The van der Waals surface area contributed by atoms with Gasteiger partial charge in [-0.15, -0.1) is 0 Å². The second-order valence-electron chi connectivity index (χ2n) is 6.37. The van der Waals surface area contributed by atoms with Crippen molar-refractivity contribution in [2.75, 3.05) is 5.32 Å². The van der Waals surface area contributed by atoms with Crippen molar-refractivity contribution in [2.24, 2.45) is 0 Å². The Morgan fingerprint density at radius 1 is 1.08 bits per heavy atom. The van der Waals surface area contributed by atoms with E-state index in [1.165, 1.54) is 0 Å². The predicted molar refractivity (Wildman–Crippen MR) is 99.1 cm³/mol. The van der Waals surface area contributed by atoms with E-state index in [1.54, 1.807) is 6.92 Å². The maximum absolute atomic E-state index is 12.3. The normalized spacial score (nSPS) is 11.8. The molecule has 0 aliphatic carbocycles. The second kappa shape index (κ2) is 7.39. The summed E-state index contributed by atoms with van der Waals surface area (Å²) in [5.74, 6) is 0.772. The van der Waals surface area contributed by atoms with E-state index in [2.05, 4.69) is 15.5 Å². The van der Waals surface area contributed by atoms with E-state index >= 15 is 0 Å². The van der Waals surface area contributed by atoms with Crippen molar-refractivity contribution < 1.29 is 14.1 Å². The molecule has 0 unspecified atom stereocenters. The Morgan fingerprint density at radius 3 is 2.50 bits per heavy atom. The van der Waals surface area contributed by atoms with Gasteiger partial charge in [0.25, 0.3) is 17.7 Å². The van der Waals surface area contributed by atoms with Gasteiger partial charge < -0.3 is 9.26 Å². The maximum Gasteiger partial charge on any atom is 0.270 e. The Balaban J connectivity index is 1.66. The van der Waals surface area contributed by atoms with Gasteiger partial charge in [0.2, 0.25) is 0 Å². The highest BCUT2D eigenvalue weighted by molar-refractivity contribution is 5.92. The molecule has 0 fully saturated rings. The summed E-state index contributed by atoms with van der Waals surface area (Å²) in [4.78, 5) is 16.5. The molecule has 1 heterocycles. The van der Waals surface area contributed by atoms with Crippen LogP contribution in [0.1, 0.15) is 23.6 Å². The molecule has 1 atom stereocenters. The van der Waals surface area contributed by atoms with Gasteiger partial charge in [-0.1, -0.05) is 23.8 Å². The fourth-order valence-electron chi connectivity index (χ4n) is 2.64. The number of rotatable bonds is 5. The molecule has 3 aromatic rings. The van der Waals surface area contributed by atoms with Crippen LogP contribution in [-0.2, 0) is 4.79 Å². The first-order chi connectivity index (χ1) is 12.4. The van der Waals surface area contributed by atoms with Crippen molar-refractivity contribution in [3.05, 3.63) is 59.2 Å². The summed E-state index contributed by atoms with van der Waals surface area (Å²) < 4.78 is 10.9. The van der Waals surface area contributed by atoms with E-state index in [1.807, 2.05) is 63.2 Å². The van der Waals surface area contributed by atoms with Crippen molar-refractivity contribution in [3.8, 4) is 17.2 Å². The molecule has 134 valence electrons. The van der Waals surface area contributed by atoms with Crippen LogP contribution in [0.4, 0.5) is 5.95 Å². The number of ether oxygens (including phenoxy) is 1. The molecule has 1 N–H and O–H groups in total. The van der Waals surface area contributed by atoms with Crippen molar-refractivity contribution in [1.29, 1.82) is 0 Å². The third-order valence-corrected chi connectivity index (χ3v) is 3.80. The monoisotopic (exact) mass is 351 g/mol. The minimum Gasteiger partial charge on any atom is -0.481 e. The third-order valence-electron chi connectivity index (χ3n) is 3.80. The van der Waals surface area contributed by atoms with Crippen LogP contribution in [0.25, 0.3) is 11.5 Å². The van der Waals surface area contributed by atoms with Gasteiger partial charge in [-0.3, -0.25) is 10.1 Å². The summed E-state index contributed by atoms with van der Waals surface area (Å²) >= 11 is 0. The van der Waals surface area contributed by atoms with Gasteiger partial charge in [-0.25, -0.2) is 0 Å². The molecular formula is C20H21N3O3. The zero-order valence-corrected chi connectivity index (χ0v) is 15.2. The van der Waals surface area contributed by atoms with Crippen molar-refractivity contribution in [1.82, 2.24) is 10.1 Å². The van der Waals surface area contributed by atoms with Crippen molar-refractivity contribution >= 4 is 11.9 Å². The smallest absolute Gasteiger partial charge is 0.270 e. The van der Waals surface area contributed by atoms with Crippen LogP contribution in [0.15, 0.2) is 47.0 Å². The quantitative estimate of drug-likeness (QED) is 0.750. The standard InChI is InChI=1S/C20H21N3O3/c1-12-6-5-7-16(9-12)19-22-20(23-26-19)21-18(24)15(4)25-17-10-13(2)8-14(3)11-17/h5-11,15H,1-4H3,(H,21,23,24)/t15-/m1/s1. The number of anilines is 1. The van der Waals surface area contributed by atoms with Gasteiger partial charge in [0.1, 0.15) is 5.75 Å². The number of hydrogen-bond donors (Lipinski definition) is 1. The maximum atomic E-state index is 12.3. The molecule has 0 saturated carbocycles. The van der Waals surface area contributed by atoms with Crippen molar-refractivity contribution in [2.45, 2.75) is 33.8 Å². The van der Waals surface area contributed by atoms with Crippen LogP contribution in [0.5, 0.6) is 5.75 Å². The molecule has 0 aliphatic rings. The van der Waals surface area contributed by atoms with Gasteiger partial charge in [0, 0.05) is 5.56 Å². The van der Waals surface area contributed by atoms with Crippen LogP contribution in [0.2, 0.25) is 0 Å². The Bertz CT molecular complexity index is 913. The highest BCUT2D eigenvalue weighted by atomic mass is 16.5. The molecule has 1 aromatic heterocycles. The zero-order valence-electron chi connectivity index (χ0n) is 15.2. The number of aromatic nitrogens is 2.